The van der Waals surface area contributed by atoms with Gasteiger partial charge in [-0.15, -0.1) is 0 Å². The molecule has 32 heavy (non-hydrogen) atoms. The van der Waals surface area contributed by atoms with E-state index < -0.39 is 0 Å². The van der Waals surface area contributed by atoms with Crippen molar-refractivity contribution in [2.24, 2.45) is 0 Å². The minimum atomic E-state index is 0.308. The van der Waals surface area contributed by atoms with Crippen LogP contribution in [0.3, 0.4) is 0 Å². The molecule has 0 saturated heterocycles. The fraction of sp³-hybridized carbons (Fsp3) is 0.250. The van der Waals surface area contributed by atoms with Crippen LogP contribution in [0.4, 0.5) is 5.69 Å². The number of hydrogen-bond donors (Lipinski definition) is 1. The molecule has 0 atom stereocenters. The lowest BCUT2D eigenvalue weighted by Crippen LogP contribution is -2.15. The molecule has 0 bridgehead atoms. The first-order valence-corrected chi connectivity index (χ1v) is 11.3. The fourth-order valence-corrected chi connectivity index (χ4v) is 3.78. The van der Waals surface area contributed by atoms with Crippen LogP contribution in [0.25, 0.3) is 0 Å². The largest absolute Gasteiger partial charge is 0.490 e. The van der Waals surface area contributed by atoms with Crippen LogP contribution in [0.5, 0.6) is 23.0 Å². The minimum Gasteiger partial charge on any atom is -0.490 e. The normalized spacial score (nSPS) is 12.4. The third-order valence-electron chi connectivity index (χ3n) is 4.82. The Labute approximate surface area is 202 Å². The average Bonchev–Trinajstić information content (AvgIpc) is 2.80. The molecule has 0 radical (unpaired) electrons. The van der Waals surface area contributed by atoms with Gasteiger partial charge in [0.2, 0.25) is 0 Å². The number of benzene rings is 3. The van der Waals surface area contributed by atoms with Crippen molar-refractivity contribution >= 4 is 40.5 Å². The Balaban J connectivity index is 1.47. The van der Waals surface area contributed by atoms with E-state index in [0.29, 0.717) is 59.5 Å². The number of fused-ring (bicyclic) bond motifs is 1. The van der Waals surface area contributed by atoms with E-state index in [-0.39, 0.29) is 0 Å². The van der Waals surface area contributed by atoms with Crippen molar-refractivity contribution in [2.45, 2.75) is 20.1 Å². The molecule has 1 heterocycles. The molecule has 0 saturated carbocycles. The van der Waals surface area contributed by atoms with Gasteiger partial charge >= 0.3 is 0 Å². The fourth-order valence-electron chi connectivity index (χ4n) is 3.23. The van der Waals surface area contributed by atoms with Gasteiger partial charge in [-0.05, 0) is 48.4 Å². The lowest BCUT2D eigenvalue weighted by Gasteiger charge is -2.19. The van der Waals surface area contributed by atoms with E-state index in [0.717, 1.165) is 28.3 Å². The molecule has 0 aromatic heterocycles. The summed E-state index contributed by atoms with van der Waals surface area (Å²) in [6.45, 7) is 4.34. The Bertz CT molecular complexity index is 1110. The highest BCUT2D eigenvalue weighted by Gasteiger charge is 2.14. The average molecular weight is 495 g/mol. The molecule has 1 aliphatic heterocycles. The van der Waals surface area contributed by atoms with Crippen molar-refractivity contribution in [3.63, 3.8) is 0 Å². The third-order valence-corrected chi connectivity index (χ3v) is 5.91. The maximum absolute atomic E-state index is 6.55. The summed E-state index contributed by atoms with van der Waals surface area (Å²) in [6, 6.07) is 14.8. The first-order valence-electron chi connectivity index (χ1n) is 10.2. The van der Waals surface area contributed by atoms with Gasteiger partial charge in [-0.2, -0.15) is 0 Å². The van der Waals surface area contributed by atoms with Crippen molar-refractivity contribution < 1.29 is 18.9 Å². The Hall–Kier alpha value is -2.47. The summed E-state index contributed by atoms with van der Waals surface area (Å²) in [5.74, 6) is 2.66. The first kappa shape index (κ1) is 22.7. The maximum Gasteiger partial charge on any atom is 0.163 e. The number of anilines is 1. The van der Waals surface area contributed by atoms with Gasteiger partial charge < -0.3 is 24.3 Å². The molecule has 1 aliphatic rings. The van der Waals surface area contributed by atoms with Crippen molar-refractivity contribution in [1.29, 1.82) is 0 Å². The van der Waals surface area contributed by atoms with E-state index >= 15 is 0 Å². The summed E-state index contributed by atoms with van der Waals surface area (Å²) in [7, 11) is 0. The number of ether oxygens (including phenoxy) is 4. The van der Waals surface area contributed by atoms with Crippen LogP contribution in [0.15, 0.2) is 48.5 Å². The lowest BCUT2D eigenvalue weighted by molar-refractivity contribution is 0.171. The zero-order chi connectivity index (χ0) is 22.5. The summed E-state index contributed by atoms with van der Waals surface area (Å²) >= 11 is 18.6. The summed E-state index contributed by atoms with van der Waals surface area (Å²) in [5.41, 5.74) is 2.68. The highest BCUT2D eigenvalue weighted by molar-refractivity contribution is 6.42. The van der Waals surface area contributed by atoms with Gasteiger partial charge in [-0.3, -0.25) is 0 Å². The molecule has 0 aliphatic carbocycles. The summed E-state index contributed by atoms with van der Waals surface area (Å²) in [5, 5.41) is 4.92. The number of halogens is 3. The molecule has 0 fully saturated rings. The highest BCUT2D eigenvalue weighted by Crippen LogP contribution is 2.36. The molecule has 168 valence electrons. The van der Waals surface area contributed by atoms with Crippen molar-refractivity contribution in [3.8, 4) is 23.0 Å². The van der Waals surface area contributed by atoms with Crippen molar-refractivity contribution in [2.75, 3.05) is 25.1 Å². The molecule has 0 unspecified atom stereocenters. The van der Waals surface area contributed by atoms with Gasteiger partial charge in [0, 0.05) is 29.4 Å². The van der Waals surface area contributed by atoms with E-state index in [1.807, 2.05) is 37.3 Å². The second kappa shape index (κ2) is 10.4. The van der Waals surface area contributed by atoms with Crippen LogP contribution in [0.1, 0.15) is 18.1 Å². The first-order chi connectivity index (χ1) is 15.5. The van der Waals surface area contributed by atoms with E-state index in [1.165, 1.54) is 0 Å². The van der Waals surface area contributed by atoms with E-state index in [1.54, 1.807) is 18.2 Å². The molecular weight excluding hydrogens is 473 g/mol. The summed E-state index contributed by atoms with van der Waals surface area (Å²) < 4.78 is 23.0. The van der Waals surface area contributed by atoms with E-state index in [2.05, 4.69) is 5.32 Å². The molecule has 1 N–H and O–H groups in total. The number of nitrogens with one attached hydrogen (secondary N) is 1. The van der Waals surface area contributed by atoms with Crippen molar-refractivity contribution in [3.05, 3.63) is 74.7 Å². The topological polar surface area (TPSA) is 49.0 Å². The molecule has 4 rings (SSSR count). The summed E-state index contributed by atoms with van der Waals surface area (Å²) in [6.07, 6.45) is 0. The van der Waals surface area contributed by atoms with Gasteiger partial charge in [-0.25, -0.2) is 0 Å². The summed E-state index contributed by atoms with van der Waals surface area (Å²) in [4.78, 5) is 0. The van der Waals surface area contributed by atoms with Crippen LogP contribution in [0, 0.1) is 0 Å². The predicted octanol–water partition coefficient (Wildman–Crippen LogP) is 7.01. The Morgan fingerprint density at radius 2 is 1.59 bits per heavy atom. The lowest BCUT2D eigenvalue weighted by atomic mass is 10.1. The molecular formula is C24H22Cl3NO4. The third kappa shape index (κ3) is 5.47. The van der Waals surface area contributed by atoms with Crippen LogP contribution in [-0.4, -0.2) is 19.8 Å². The molecule has 0 amide bonds. The monoisotopic (exact) mass is 493 g/mol. The van der Waals surface area contributed by atoms with Gasteiger partial charge in [0.05, 0.1) is 16.7 Å². The van der Waals surface area contributed by atoms with E-state index in [4.69, 9.17) is 53.8 Å². The van der Waals surface area contributed by atoms with Crippen LogP contribution < -0.4 is 24.3 Å². The highest BCUT2D eigenvalue weighted by atomic mass is 35.5. The van der Waals surface area contributed by atoms with Gasteiger partial charge in [0.15, 0.2) is 23.0 Å². The SMILES string of the molecule is CCOc1cc(CNc2ccc3c(c2)OCCO3)c(Cl)cc1OCc1ccc(Cl)c(Cl)c1. The molecule has 3 aromatic carbocycles. The Morgan fingerprint density at radius 1 is 0.812 bits per heavy atom. The quantitative estimate of drug-likeness (QED) is 0.365. The Kier molecular flexibility index (Phi) is 7.40. The molecule has 8 heteroatoms. The molecule has 0 spiro atoms. The zero-order valence-corrected chi connectivity index (χ0v) is 19.7. The van der Waals surface area contributed by atoms with Crippen LogP contribution in [-0.2, 0) is 13.2 Å². The van der Waals surface area contributed by atoms with E-state index in [9.17, 15) is 0 Å². The minimum absolute atomic E-state index is 0.308. The predicted molar refractivity (Wildman–Crippen MR) is 128 cm³/mol. The maximum atomic E-state index is 6.55. The van der Waals surface area contributed by atoms with Crippen molar-refractivity contribution in [1.82, 2.24) is 0 Å². The molecule has 3 aromatic rings. The van der Waals surface area contributed by atoms with Crippen LogP contribution in [0.2, 0.25) is 15.1 Å². The zero-order valence-electron chi connectivity index (χ0n) is 17.4. The Morgan fingerprint density at radius 3 is 2.38 bits per heavy atom. The number of hydrogen-bond acceptors (Lipinski definition) is 5. The van der Waals surface area contributed by atoms with Gasteiger partial charge in [-0.1, -0.05) is 40.9 Å². The van der Waals surface area contributed by atoms with Gasteiger partial charge in [0.1, 0.15) is 19.8 Å². The van der Waals surface area contributed by atoms with Gasteiger partial charge in [0.25, 0.3) is 0 Å². The smallest absolute Gasteiger partial charge is 0.163 e. The molecule has 5 nitrogen and oxygen atoms in total. The standard InChI is InChI=1S/C24H22Cl3NO4/c1-2-29-22-10-16(13-28-17-4-6-21-23(11-17)31-8-7-30-21)19(26)12-24(22)32-14-15-3-5-18(25)20(27)9-15/h3-6,9-12,28H,2,7-8,13-14H2,1H3. The second-order valence-electron chi connectivity index (χ2n) is 7.07. The second-order valence-corrected chi connectivity index (χ2v) is 8.29. The van der Waals surface area contributed by atoms with Crippen LogP contribution >= 0.6 is 34.8 Å². The number of rotatable bonds is 8.